The highest BCUT2D eigenvalue weighted by atomic mass is 32.3. The number of rotatable bonds is 30. The van der Waals surface area contributed by atoms with Gasteiger partial charge in [0.25, 0.3) is 5.24 Å². The minimum atomic E-state index is -1.12. The molecule has 0 heterocycles. The first-order valence-corrected chi connectivity index (χ1v) is 25.6. The van der Waals surface area contributed by atoms with E-state index in [1.54, 1.807) is 94.1 Å². The van der Waals surface area contributed by atoms with Crippen molar-refractivity contribution < 1.29 is 33.5 Å². The van der Waals surface area contributed by atoms with E-state index in [9.17, 15) is 18.6 Å². The highest BCUT2D eigenvalue weighted by Gasteiger charge is 2.03. The minimum absolute atomic E-state index is 0.0568. The van der Waals surface area contributed by atoms with Crippen LogP contribution in [0.4, 0.5) is 9.59 Å². The summed E-state index contributed by atoms with van der Waals surface area (Å²) in [7, 11) is -1.12. The van der Waals surface area contributed by atoms with Gasteiger partial charge in [0.2, 0.25) is 0 Å². The monoisotopic (exact) mass is 828 g/mol. The zero-order chi connectivity index (χ0) is 31.6. The molecule has 0 aromatic carbocycles. The van der Waals surface area contributed by atoms with E-state index in [4.69, 9.17) is 14.9 Å². The van der Waals surface area contributed by atoms with Gasteiger partial charge in [0.15, 0.2) is 5.78 Å². The molecule has 0 aliphatic heterocycles. The summed E-state index contributed by atoms with van der Waals surface area (Å²) in [6.07, 6.45) is 0.819. The lowest BCUT2D eigenvalue weighted by molar-refractivity contribution is -0.110. The van der Waals surface area contributed by atoms with Crippen molar-refractivity contribution in [3.05, 3.63) is 0 Å². The molecule has 0 radical (unpaired) electrons. The Bertz CT molecular complexity index is 805. The first kappa shape index (κ1) is 44.7. The topological polar surface area (TPSA) is 167 Å². The number of aliphatic hydroxyl groups is 2. The maximum Gasteiger partial charge on any atom is 0.408 e. The molecule has 0 spiro atoms. The fourth-order valence-corrected chi connectivity index (χ4v) is 12.7. The third-order valence-corrected chi connectivity index (χ3v) is 16.1. The lowest BCUT2D eigenvalue weighted by atomic mass is 10.5. The normalized spacial score (nSPS) is 12.1. The number of ketones is 1. The van der Waals surface area contributed by atoms with E-state index in [0.29, 0.717) is 33.7 Å². The van der Waals surface area contributed by atoms with Gasteiger partial charge in [-0.25, -0.2) is 4.79 Å². The quantitative estimate of drug-likeness (QED) is 0.0319. The molecular weight excluding hydrogens is 793 g/mol. The molecule has 0 saturated heterocycles. The zero-order valence-corrected chi connectivity index (χ0v) is 32.8. The van der Waals surface area contributed by atoms with Crippen molar-refractivity contribution in [3.63, 3.8) is 0 Å². The van der Waals surface area contributed by atoms with Crippen LogP contribution in [-0.2, 0) is 20.3 Å². The summed E-state index contributed by atoms with van der Waals surface area (Å²) in [5.74, 6) is 2.20. The Kier molecular flexibility index (Phi) is 37.9. The van der Waals surface area contributed by atoms with E-state index in [2.05, 4.69) is 20.6 Å². The van der Waals surface area contributed by atoms with Crippen molar-refractivity contribution in [2.75, 3.05) is 82.7 Å². The lowest BCUT2D eigenvalue weighted by Gasteiger charge is -2.05. The Balaban J connectivity index is 3.43. The van der Waals surface area contributed by atoms with Crippen molar-refractivity contribution in [1.82, 2.24) is 10.6 Å². The predicted octanol–water partition coefficient (Wildman–Crippen LogP) is 5.29. The Labute approximate surface area is 302 Å². The van der Waals surface area contributed by atoms with E-state index >= 15 is 0 Å². The van der Waals surface area contributed by atoms with Gasteiger partial charge < -0.3 is 25.6 Å². The summed E-state index contributed by atoms with van der Waals surface area (Å²) in [6, 6.07) is 0. The minimum Gasteiger partial charge on any atom is -0.438 e. The molecule has 1 unspecified atom stereocenters. The van der Waals surface area contributed by atoms with Crippen molar-refractivity contribution in [3.8, 4) is 0 Å². The number of nitrogens with zero attached hydrogens (tertiary/aromatic N) is 2. The summed E-state index contributed by atoms with van der Waals surface area (Å²) in [5, 5.41) is 27.9. The van der Waals surface area contributed by atoms with Gasteiger partial charge in [-0.1, -0.05) is 23.5 Å². The van der Waals surface area contributed by atoms with Crippen molar-refractivity contribution in [2.24, 2.45) is 9.98 Å². The third kappa shape index (κ3) is 36.4. The number of aliphatic hydroxyl groups excluding tert-OH is 2. The molecule has 0 rings (SSSR count). The largest absolute Gasteiger partial charge is 0.438 e. The van der Waals surface area contributed by atoms with Crippen LogP contribution < -0.4 is 10.6 Å². The molecular formula is C20H36N4O7S12. The second-order valence-electron chi connectivity index (χ2n) is 6.60. The van der Waals surface area contributed by atoms with Gasteiger partial charge in [0.1, 0.15) is 5.94 Å². The summed E-state index contributed by atoms with van der Waals surface area (Å²) >= 11 is 16.5. The summed E-state index contributed by atoms with van der Waals surface area (Å²) in [5.41, 5.74) is 1.49. The van der Waals surface area contributed by atoms with Crippen LogP contribution in [0.2, 0.25) is 0 Å². The van der Waals surface area contributed by atoms with Crippen LogP contribution in [0.1, 0.15) is 0 Å². The van der Waals surface area contributed by atoms with Gasteiger partial charge in [-0.3, -0.25) is 23.8 Å². The Morgan fingerprint density at radius 2 is 1.33 bits per heavy atom. The number of ether oxygens (including phenoxy) is 1. The third-order valence-electron chi connectivity index (χ3n) is 3.40. The molecule has 0 saturated carbocycles. The average Bonchev–Trinajstić information content (AvgIpc) is 2.99. The first-order valence-electron chi connectivity index (χ1n) is 11.7. The second kappa shape index (κ2) is 36.5. The molecule has 0 aromatic heterocycles. The molecule has 0 aromatic rings. The number of nitrogens with one attached hydrogen (secondary N) is 2. The molecule has 2 amide bonds. The summed E-state index contributed by atoms with van der Waals surface area (Å²) in [4.78, 5) is 42.8. The van der Waals surface area contributed by atoms with Crippen molar-refractivity contribution in [1.29, 1.82) is 0 Å². The Morgan fingerprint density at radius 3 is 2.02 bits per heavy atom. The van der Waals surface area contributed by atoms with E-state index in [-0.39, 0.29) is 34.6 Å². The highest BCUT2D eigenvalue weighted by molar-refractivity contribution is 8.29. The van der Waals surface area contributed by atoms with Gasteiger partial charge >= 0.3 is 6.09 Å². The number of hydrogen-bond donors (Lipinski definition) is 4. The molecule has 0 bridgehead atoms. The number of carbonyl (C=O) groups excluding carboxylic acids is 3. The van der Waals surface area contributed by atoms with Crippen molar-refractivity contribution in [2.45, 2.75) is 0 Å². The van der Waals surface area contributed by atoms with Crippen LogP contribution >= 0.6 is 129 Å². The molecule has 23 heteroatoms. The van der Waals surface area contributed by atoms with E-state index in [1.807, 2.05) is 0 Å². The smallest absolute Gasteiger partial charge is 0.408 e. The average molecular weight is 829 g/mol. The van der Waals surface area contributed by atoms with Gasteiger partial charge in [-0.05, 0) is 0 Å². The number of carbonyl (C=O) groups is 3. The lowest BCUT2D eigenvalue weighted by Crippen LogP contribution is -2.23. The van der Waals surface area contributed by atoms with Gasteiger partial charge in [0, 0.05) is 30.5 Å². The van der Waals surface area contributed by atoms with Crippen LogP contribution in [0, 0.1) is 0 Å². The van der Waals surface area contributed by atoms with E-state index < -0.39 is 16.9 Å². The molecule has 0 aliphatic carbocycles. The van der Waals surface area contributed by atoms with Gasteiger partial charge in [-0.2, -0.15) is 0 Å². The standard InChI is InChI=1S/C20H36N4O7S12/c25-8-32-2-18(27)1-21-3-33-11-38-14-36-6-24-20(29)42-16-40-15-41-17-43(30)7-22-4-34-12-39-13-35-5-23-19(28)31-10-37-9-26/h1,7,25-26H,2-6,8-17H2,(H,23,28)(H,24,29)/b21-1-,22-7-. The molecule has 250 valence electrons. The Hall–Kier alpha value is 1.67. The summed E-state index contributed by atoms with van der Waals surface area (Å²) < 4.78 is 16.8. The van der Waals surface area contributed by atoms with E-state index in [0.717, 1.165) is 48.9 Å². The molecule has 11 nitrogen and oxygen atoms in total. The number of hydrogen-bond acceptors (Lipinski definition) is 20. The maximum atomic E-state index is 12.0. The molecule has 0 aliphatic rings. The molecule has 43 heavy (non-hydrogen) atoms. The number of amides is 2. The fraction of sp³-hybridized carbons (Fsp3) is 0.750. The Morgan fingerprint density at radius 1 is 0.721 bits per heavy atom. The predicted molar refractivity (Wildman–Crippen MR) is 209 cm³/mol. The van der Waals surface area contributed by atoms with Gasteiger partial charge in [0.05, 0.1) is 68.8 Å². The van der Waals surface area contributed by atoms with Crippen molar-refractivity contribution >= 4 is 169 Å². The zero-order valence-electron chi connectivity index (χ0n) is 23.0. The number of Topliss-reactive ketones (excluding diaryl/α,β-unsaturated/α-hetero) is 1. The van der Waals surface area contributed by atoms with Crippen LogP contribution in [0.25, 0.3) is 0 Å². The van der Waals surface area contributed by atoms with Crippen LogP contribution in [0.3, 0.4) is 0 Å². The highest BCUT2D eigenvalue weighted by Crippen LogP contribution is 2.20. The number of aliphatic imine (C=N–C) groups is 2. The summed E-state index contributed by atoms with van der Waals surface area (Å²) in [6.45, 7) is 0. The van der Waals surface area contributed by atoms with Crippen LogP contribution in [0.5, 0.6) is 0 Å². The molecule has 4 N–H and O–H groups in total. The maximum absolute atomic E-state index is 12.0. The molecule has 1 atom stereocenters. The number of alkyl carbamates (subject to hydrolysis) is 1. The van der Waals surface area contributed by atoms with Crippen LogP contribution in [0.15, 0.2) is 9.98 Å². The number of thioether (sulfide) groups is 11. The van der Waals surface area contributed by atoms with E-state index in [1.165, 1.54) is 23.5 Å². The van der Waals surface area contributed by atoms with Gasteiger partial charge in [-0.15, -0.1) is 106 Å². The fourth-order valence-electron chi connectivity index (χ4n) is 1.79. The first-order chi connectivity index (χ1) is 21.0. The second-order valence-corrected chi connectivity index (χ2v) is 21.0. The molecule has 0 fully saturated rings. The van der Waals surface area contributed by atoms with Crippen LogP contribution in [-0.4, -0.2) is 126 Å². The SMILES string of the molecule is O=C(/C=N\CSCSCSCNC(=O)SCSCSCS(=O)/C=N\CSCSCSCNC(=O)OCSCO)CSCO.